The van der Waals surface area contributed by atoms with E-state index in [-0.39, 0.29) is 11.9 Å². The molecule has 1 atom stereocenters. The number of nitrogens with zero attached hydrogens (tertiary/aromatic N) is 2. The van der Waals surface area contributed by atoms with Crippen molar-refractivity contribution in [1.82, 2.24) is 9.97 Å². The average Bonchev–Trinajstić information content (AvgIpc) is 2.59. The Hall–Kier alpha value is -1.45. The minimum absolute atomic E-state index is 0.157. The zero-order valence-electron chi connectivity index (χ0n) is 8.28. The van der Waals surface area contributed by atoms with E-state index in [4.69, 9.17) is 4.74 Å². The topological polar surface area (TPSA) is 52.1 Å². The van der Waals surface area contributed by atoms with Gasteiger partial charge in [0.25, 0.3) is 0 Å². The number of carbonyl (C=O) groups excluding carboxylic acids is 1. The van der Waals surface area contributed by atoms with Gasteiger partial charge in [-0.15, -0.1) is 0 Å². The van der Waals surface area contributed by atoms with Crippen molar-refractivity contribution in [3.8, 4) is 0 Å². The van der Waals surface area contributed by atoms with Gasteiger partial charge >= 0.3 is 5.97 Å². The lowest BCUT2D eigenvalue weighted by atomic mass is 10.1. The smallest absolute Gasteiger partial charge is 0.313 e. The third kappa shape index (κ3) is 1.36. The standard InChI is InChI=1S/C10H12N2O2/c1-6-11-5-8-7(10(13)14-2)3-4-9(8)12-6/h5,7H,3-4H2,1-2H3. The van der Waals surface area contributed by atoms with E-state index < -0.39 is 0 Å². The number of carbonyl (C=O) groups is 1. The molecule has 4 heteroatoms. The summed E-state index contributed by atoms with van der Waals surface area (Å²) in [5, 5.41) is 0. The number of hydrogen-bond acceptors (Lipinski definition) is 4. The number of hydrogen-bond donors (Lipinski definition) is 0. The van der Waals surface area contributed by atoms with Crippen LogP contribution in [0.5, 0.6) is 0 Å². The molecule has 1 heterocycles. The molecule has 74 valence electrons. The highest BCUT2D eigenvalue weighted by molar-refractivity contribution is 5.79. The normalized spacial score (nSPS) is 19.1. The summed E-state index contributed by atoms with van der Waals surface area (Å²) in [6.45, 7) is 1.85. The number of ether oxygens (including phenoxy) is 1. The third-order valence-corrected chi connectivity index (χ3v) is 2.55. The maximum Gasteiger partial charge on any atom is 0.313 e. The van der Waals surface area contributed by atoms with Crippen molar-refractivity contribution < 1.29 is 9.53 Å². The first-order valence-corrected chi connectivity index (χ1v) is 4.62. The molecule has 0 bridgehead atoms. The maximum absolute atomic E-state index is 11.4. The van der Waals surface area contributed by atoms with Gasteiger partial charge < -0.3 is 4.74 Å². The van der Waals surface area contributed by atoms with Crippen molar-refractivity contribution in [1.29, 1.82) is 0 Å². The molecule has 1 aromatic heterocycles. The van der Waals surface area contributed by atoms with Crippen LogP contribution in [0.15, 0.2) is 6.20 Å². The largest absolute Gasteiger partial charge is 0.469 e. The highest BCUT2D eigenvalue weighted by atomic mass is 16.5. The van der Waals surface area contributed by atoms with Gasteiger partial charge in [0.2, 0.25) is 0 Å². The van der Waals surface area contributed by atoms with E-state index >= 15 is 0 Å². The number of rotatable bonds is 1. The highest BCUT2D eigenvalue weighted by Gasteiger charge is 2.30. The van der Waals surface area contributed by atoms with Crippen LogP contribution in [0.1, 0.15) is 29.4 Å². The lowest BCUT2D eigenvalue weighted by molar-refractivity contribution is -0.142. The summed E-state index contributed by atoms with van der Waals surface area (Å²) in [7, 11) is 1.41. The van der Waals surface area contributed by atoms with Crippen molar-refractivity contribution in [3.63, 3.8) is 0 Å². The summed E-state index contributed by atoms with van der Waals surface area (Å²) in [4.78, 5) is 19.8. The van der Waals surface area contributed by atoms with Gasteiger partial charge in [0, 0.05) is 17.5 Å². The van der Waals surface area contributed by atoms with Crippen molar-refractivity contribution in [2.45, 2.75) is 25.7 Å². The average molecular weight is 192 g/mol. The molecule has 1 unspecified atom stereocenters. The molecule has 2 rings (SSSR count). The molecule has 0 spiro atoms. The van der Waals surface area contributed by atoms with E-state index in [1.807, 2.05) is 6.92 Å². The quantitative estimate of drug-likeness (QED) is 0.622. The monoisotopic (exact) mass is 192 g/mol. The van der Waals surface area contributed by atoms with Crippen molar-refractivity contribution in [2.24, 2.45) is 0 Å². The van der Waals surface area contributed by atoms with Crippen LogP contribution in [0.4, 0.5) is 0 Å². The molecule has 0 radical (unpaired) electrons. The number of aromatic nitrogens is 2. The zero-order valence-corrected chi connectivity index (χ0v) is 8.28. The maximum atomic E-state index is 11.4. The second-order valence-electron chi connectivity index (χ2n) is 3.43. The Balaban J connectivity index is 2.35. The number of fused-ring (bicyclic) bond motifs is 1. The fourth-order valence-corrected chi connectivity index (χ4v) is 1.84. The molecule has 1 aliphatic rings. The molecule has 0 saturated carbocycles. The van der Waals surface area contributed by atoms with Crippen molar-refractivity contribution in [2.75, 3.05) is 7.11 Å². The summed E-state index contributed by atoms with van der Waals surface area (Å²) in [6.07, 6.45) is 3.38. The molecule has 14 heavy (non-hydrogen) atoms. The Morgan fingerprint density at radius 2 is 2.43 bits per heavy atom. The van der Waals surface area contributed by atoms with Crippen LogP contribution in [0.3, 0.4) is 0 Å². The van der Waals surface area contributed by atoms with Gasteiger partial charge in [-0.1, -0.05) is 0 Å². The third-order valence-electron chi connectivity index (χ3n) is 2.55. The van der Waals surface area contributed by atoms with Crippen LogP contribution < -0.4 is 0 Å². The number of aryl methyl sites for hydroxylation is 2. The van der Waals surface area contributed by atoms with E-state index in [0.717, 1.165) is 29.9 Å². The summed E-state index contributed by atoms with van der Waals surface area (Å²) in [5.74, 6) is 0.418. The fraction of sp³-hybridized carbons (Fsp3) is 0.500. The van der Waals surface area contributed by atoms with Crippen LogP contribution in [0.2, 0.25) is 0 Å². The van der Waals surface area contributed by atoms with Crippen LogP contribution in [-0.2, 0) is 16.0 Å². The Bertz CT molecular complexity index is 376. The van der Waals surface area contributed by atoms with E-state index in [0.29, 0.717) is 0 Å². The predicted molar refractivity (Wildman–Crippen MR) is 49.8 cm³/mol. The van der Waals surface area contributed by atoms with E-state index in [9.17, 15) is 4.79 Å². The van der Waals surface area contributed by atoms with Gasteiger partial charge in [-0.05, 0) is 19.8 Å². The van der Waals surface area contributed by atoms with Crippen molar-refractivity contribution >= 4 is 5.97 Å². The molecular formula is C10H12N2O2. The molecule has 1 aromatic rings. The second-order valence-corrected chi connectivity index (χ2v) is 3.43. The number of methoxy groups -OCH3 is 1. The van der Waals surface area contributed by atoms with E-state index in [1.54, 1.807) is 6.20 Å². The SMILES string of the molecule is COC(=O)C1CCc2nc(C)ncc21. The summed E-state index contributed by atoms with van der Waals surface area (Å²) < 4.78 is 4.73. The van der Waals surface area contributed by atoms with Crippen LogP contribution in [0, 0.1) is 6.92 Å². The molecular weight excluding hydrogens is 180 g/mol. The van der Waals surface area contributed by atoms with Gasteiger partial charge in [-0.3, -0.25) is 4.79 Å². The second kappa shape index (κ2) is 3.36. The zero-order chi connectivity index (χ0) is 10.1. The van der Waals surface area contributed by atoms with Crippen LogP contribution in [0.25, 0.3) is 0 Å². The van der Waals surface area contributed by atoms with E-state index in [2.05, 4.69) is 9.97 Å². The molecule has 1 aliphatic carbocycles. The summed E-state index contributed by atoms with van der Waals surface area (Å²) in [5.41, 5.74) is 1.93. The van der Waals surface area contributed by atoms with Gasteiger partial charge in [0.15, 0.2) is 0 Å². The minimum atomic E-state index is -0.184. The Labute approximate surface area is 82.3 Å². The van der Waals surface area contributed by atoms with Crippen molar-refractivity contribution in [3.05, 3.63) is 23.3 Å². The molecule has 0 aliphatic heterocycles. The number of esters is 1. The Morgan fingerprint density at radius 3 is 3.14 bits per heavy atom. The first kappa shape index (κ1) is 9.12. The molecule has 0 fully saturated rings. The van der Waals surface area contributed by atoms with Gasteiger partial charge in [-0.2, -0.15) is 0 Å². The molecule has 0 aromatic carbocycles. The molecule has 4 nitrogen and oxygen atoms in total. The van der Waals surface area contributed by atoms with Crippen LogP contribution in [-0.4, -0.2) is 23.0 Å². The molecule has 0 amide bonds. The fourth-order valence-electron chi connectivity index (χ4n) is 1.84. The highest BCUT2D eigenvalue weighted by Crippen LogP contribution is 2.31. The summed E-state index contributed by atoms with van der Waals surface area (Å²) >= 11 is 0. The first-order valence-electron chi connectivity index (χ1n) is 4.62. The van der Waals surface area contributed by atoms with E-state index in [1.165, 1.54) is 7.11 Å². The first-order chi connectivity index (χ1) is 6.72. The Morgan fingerprint density at radius 1 is 1.64 bits per heavy atom. The molecule has 0 N–H and O–H groups in total. The lowest BCUT2D eigenvalue weighted by Gasteiger charge is -2.07. The minimum Gasteiger partial charge on any atom is -0.469 e. The predicted octanol–water partition coefficient (Wildman–Crippen LogP) is 0.988. The Kier molecular flexibility index (Phi) is 2.19. The van der Waals surface area contributed by atoms with Gasteiger partial charge in [-0.25, -0.2) is 9.97 Å². The molecule has 0 saturated heterocycles. The van der Waals surface area contributed by atoms with Gasteiger partial charge in [0.05, 0.1) is 13.0 Å². The van der Waals surface area contributed by atoms with Gasteiger partial charge in [0.1, 0.15) is 5.82 Å². The lowest BCUT2D eigenvalue weighted by Crippen LogP contribution is -2.11. The van der Waals surface area contributed by atoms with Crippen LogP contribution >= 0.6 is 0 Å². The summed E-state index contributed by atoms with van der Waals surface area (Å²) in [6, 6.07) is 0.